The Morgan fingerprint density at radius 1 is 1.11 bits per heavy atom. The van der Waals surface area contributed by atoms with Gasteiger partial charge in [0.1, 0.15) is 0 Å². The molecule has 0 radical (unpaired) electrons. The van der Waals surface area contributed by atoms with E-state index in [0.29, 0.717) is 11.1 Å². The SMILES string of the molecule is Cc1cc2c(ccn2C)c2c1C(=O)N(N(C)C)C2=O. The molecule has 0 spiro atoms. The molecule has 0 N–H and O–H groups in total. The van der Waals surface area contributed by atoms with E-state index in [1.807, 2.05) is 36.9 Å². The lowest BCUT2D eigenvalue weighted by Gasteiger charge is -2.20. The number of carbonyl (C=O) groups excluding carboxylic acids is 2. The molecule has 1 aliphatic rings. The number of aryl methyl sites for hydroxylation is 2. The molecule has 1 aliphatic heterocycles. The second-order valence-electron chi connectivity index (χ2n) is 5.07. The van der Waals surface area contributed by atoms with Crippen molar-refractivity contribution in [2.75, 3.05) is 14.1 Å². The number of hydrogen-bond acceptors (Lipinski definition) is 3. The van der Waals surface area contributed by atoms with Gasteiger partial charge in [-0.1, -0.05) is 0 Å². The second kappa shape index (κ2) is 3.68. The van der Waals surface area contributed by atoms with Crippen LogP contribution in [0.1, 0.15) is 26.3 Å². The number of amides is 2. The number of rotatable bonds is 1. The molecule has 5 nitrogen and oxygen atoms in total. The van der Waals surface area contributed by atoms with Crippen LogP contribution in [0.4, 0.5) is 0 Å². The lowest BCUT2D eigenvalue weighted by Crippen LogP contribution is -2.41. The Morgan fingerprint density at radius 3 is 2.37 bits per heavy atom. The van der Waals surface area contributed by atoms with E-state index in [1.165, 1.54) is 10.0 Å². The van der Waals surface area contributed by atoms with Crippen LogP contribution in [0.5, 0.6) is 0 Å². The highest BCUT2D eigenvalue weighted by atomic mass is 16.2. The minimum absolute atomic E-state index is 0.242. The smallest absolute Gasteiger partial charge is 0.277 e. The van der Waals surface area contributed by atoms with Crippen molar-refractivity contribution in [3.8, 4) is 0 Å². The van der Waals surface area contributed by atoms with Gasteiger partial charge in [0, 0.05) is 38.2 Å². The minimum atomic E-state index is -0.245. The van der Waals surface area contributed by atoms with Crippen LogP contribution in [0.3, 0.4) is 0 Å². The Balaban J connectivity index is 2.39. The molecule has 98 valence electrons. The van der Waals surface area contributed by atoms with E-state index >= 15 is 0 Å². The third-order valence-corrected chi connectivity index (χ3v) is 3.60. The summed E-state index contributed by atoms with van der Waals surface area (Å²) in [5.74, 6) is -0.488. The molecule has 2 amide bonds. The van der Waals surface area contributed by atoms with Crippen LogP contribution in [0, 0.1) is 6.92 Å². The van der Waals surface area contributed by atoms with E-state index in [0.717, 1.165) is 16.5 Å². The predicted octanol–water partition coefficient (Wildman–Crippen LogP) is 1.56. The first-order chi connectivity index (χ1) is 8.93. The van der Waals surface area contributed by atoms with E-state index in [-0.39, 0.29) is 11.8 Å². The third-order valence-electron chi connectivity index (χ3n) is 3.60. The predicted molar refractivity (Wildman–Crippen MR) is 71.8 cm³/mol. The van der Waals surface area contributed by atoms with Gasteiger partial charge in [-0.3, -0.25) is 9.59 Å². The highest BCUT2D eigenvalue weighted by molar-refractivity contribution is 6.26. The molecule has 5 heteroatoms. The average Bonchev–Trinajstić information content (AvgIpc) is 2.80. The quantitative estimate of drug-likeness (QED) is 0.728. The monoisotopic (exact) mass is 257 g/mol. The topological polar surface area (TPSA) is 45.6 Å². The highest BCUT2D eigenvalue weighted by Gasteiger charge is 2.40. The van der Waals surface area contributed by atoms with Gasteiger partial charge in [0.15, 0.2) is 0 Å². The average molecular weight is 257 g/mol. The van der Waals surface area contributed by atoms with Crippen LogP contribution in [0.25, 0.3) is 10.9 Å². The summed E-state index contributed by atoms with van der Waals surface area (Å²) < 4.78 is 1.96. The summed E-state index contributed by atoms with van der Waals surface area (Å²) in [6.07, 6.45) is 1.90. The van der Waals surface area contributed by atoms with E-state index in [9.17, 15) is 9.59 Å². The first-order valence-corrected chi connectivity index (χ1v) is 6.08. The molecule has 0 bridgehead atoms. The van der Waals surface area contributed by atoms with Crippen LogP contribution < -0.4 is 0 Å². The fourth-order valence-electron chi connectivity index (χ4n) is 2.71. The van der Waals surface area contributed by atoms with Crippen LogP contribution in [0.15, 0.2) is 18.3 Å². The molecule has 0 fully saturated rings. The maximum atomic E-state index is 12.5. The van der Waals surface area contributed by atoms with Crippen molar-refractivity contribution in [1.29, 1.82) is 0 Å². The number of nitrogens with zero attached hydrogens (tertiary/aromatic N) is 3. The zero-order valence-corrected chi connectivity index (χ0v) is 11.4. The van der Waals surface area contributed by atoms with Gasteiger partial charge in [-0.2, -0.15) is 0 Å². The van der Waals surface area contributed by atoms with Gasteiger partial charge in [-0.15, -0.1) is 0 Å². The largest absolute Gasteiger partial charge is 0.351 e. The zero-order valence-electron chi connectivity index (χ0n) is 11.4. The van der Waals surface area contributed by atoms with Crippen molar-refractivity contribution < 1.29 is 9.59 Å². The van der Waals surface area contributed by atoms with Gasteiger partial charge in [0.2, 0.25) is 0 Å². The van der Waals surface area contributed by atoms with E-state index in [2.05, 4.69) is 0 Å². The standard InChI is InChI=1S/C14H15N3O2/c1-8-7-10-9(5-6-16(10)4)12-11(8)13(18)17(14(12)19)15(2)3/h5-7H,1-4H3. The maximum absolute atomic E-state index is 12.5. The molecule has 0 aliphatic carbocycles. The van der Waals surface area contributed by atoms with Crippen molar-refractivity contribution in [1.82, 2.24) is 14.6 Å². The Labute approximate surface area is 111 Å². The molecule has 2 heterocycles. The Morgan fingerprint density at radius 2 is 1.74 bits per heavy atom. The summed E-state index contributed by atoms with van der Waals surface area (Å²) >= 11 is 0. The Hall–Kier alpha value is -2.14. The lowest BCUT2D eigenvalue weighted by molar-refractivity contribution is 0.0235. The van der Waals surface area contributed by atoms with Gasteiger partial charge in [-0.25, -0.2) is 10.0 Å². The van der Waals surface area contributed by atoms with Crippen molar-refractivity contribution in [2.24, 2.45) is 7.05 Å². The number of aromatic nitrogens is 1. The van der Waals surface area contributed by atoms with Crippen LogP contribution in [0.2, 0.25) is 0 Å². The number of fused-ring (bicyclic) bond motifs is 3. The molecule has 1 aromatic heterocycles. The minimum Gasteiger partial charge on any atom is -0.351 e. The van der Waals surface area contributed by atoms with Crippen LogP contribution in [-0.2, 0) is 7.05 Å². The molecule has 1 aromatic carbocycles. The molecule has 0 atom stereocenters. The van der Waals surface area contributed by atoms with Crippen molar-refractivity contribution in [3.05, 3.63) is 35.0 Å². The fraction of sp³-hybridized carbons (Fsp3) is 0.286. The molecule has 19 heavy (non-hydrogen) atoms. The van der Waals surface area contributed by atoms with Crippen LogP contribution in [-0.4, -0.2) is 40.5 Å². The summed E-state index contributed by atoms with van der Waals surface area (Å²) in [7, 11) is 5.32. The van der Waals surface area contributed by atoms with E-state index in [1.54, 1.807) is 14.1 Å². The highest BCUT2D eigenvalue weighted by Crippen LogP contribution is 2.33. The summed E-state index contributed by atoms with van der Waals surface area (Å²) in [5, 5.41) is 3.55. The third kappa shape index (κ3) is 1.39. The summed E-state index contributed by atoms with van der Waals surface area (Å²) in [6.45, 7) is 1.87. The lowest BCUT2D eigenvalue weighted by atomic mass is 10.00. The van der Waals surface area contributed by atoms with Crippen LogP contribution >= 0.6 is 0 Å². The molecule has 0 unspecified atom stereocenters. The summed E-state index contributed by atoms with van der Waals surface area (Å²) in [5.41, 5.74) is 2.86. The zero-order chi connectivity index (χ0) is 13.9. The normalized spacial score (nSPS) is 14.9. The summed E-state index contributed by atoms with van der Waals surface area (Å²) in [4.78, 5) is 24.9. The number of imide groups is 1. The molecule has 2 aromatic rings. The first-order valence-electron chi connectivity index (χ1n) is 6.08. The molecule has 3 rings (SSSR count). The van der Waals surface area contributed by atoms with Crippen molar-refractivity contribution >= 4 is 22.7 Å². The molecular weight excluding hydrogens is 242 g/mol. The van der Waals surface area contributed by atoms with Crippen molar-refractivity contribution in [2.45, 2.75) is 6.92 Å². The van der Waals surface area contributed by atoms with Gasteiger partial charge >= 0.3 is 0 Å². The van der Waals surface area contributed by atoms with Gasteiger partial charge < -0.3 is 4.57 Å². The molecule has 0 saturated carbocycles. The number of hydrazine groups is 1. The number of hydrogen-bond donors (Lipinski definition) is 0. The van der Waals surface area contributed by atoms with E-state index in [4.69, 9.17) is 0 Å². The summed E-state index contributed by atoms with van der Waals surface area (Å²) in [6, 6.07) is 3.84. The fourth-order valence-corrected chi connectivity index (χ4v) is 2.71. The Bertz CT molecular complexity index is 728. The Kier molecular flexibility index (Phi) is 2.31. The van der Waals surface area contributed by atoms with E-state index < -0.39 is 0 Å². The van der Waals surface area contributed by atoms with Gasteiger partial charge in [0.05, 0.1) is 11.1 Å². The van der Waals surface area contributed by atoms with Gasteiger partial charge in [0.25, 0.3) is 11.8 Å². The maximum Gasteiger partial charge on any atom is 0.277 e. The number of carbonyl (C=O) groups is 2. The van der Waals surface area contributed by atoms with Crippen molar-refractivity contribution in [3.63, 3.8) is 0 Å². The number of benzene rings is 1. The molecular formula is C14H15N3O2. The first kappa shape index (κ1) is 11.9. The molecule has 0 saturated heterocycles. The second-order valence-corrected chi connectivity index (χ2v) is 5.07. The van der Waals surface area contributed by atoms with Gasteiger partial charge in [-0.05, 0) is 24.6 Å².